The Kier molecular flexibility index (Phi) is 5.15. The Balaban J connectivity index is 1.62. The monoisotopic (exact) mass is 383 g/mol. The lowest BCUT2D eigenvalue weighted by molar-refractivity contribution is -0.132. The van der Waals surface area contributed by atoms with Crippen LogP contribution in [0.5, 0.6) is 11.5 Å². The summed E-state index contributed by atoms with van der Waals surface area (Å²) in [5.74, 6) is 1.01. The smallest absolute Gasteiger partial charge is 0.287 e. The van der Waals surface area contributed by atoms with Crippen LogP contribution in [0.1, 0.15) is 0 Å². The third-order valence-electron chi connectivity index (χ3n) is 3.70. The largest absolute Gasteiger partial charge is 0.486 e. The Hall–Kier alpha value is -2.25. The molecule has 2 heterocycles. The van der Waals surface area contributed by atoms with Crippen LogP contribution in [0.15, 0.2) is 35.3 Å². The second-order valence-corrected chi connectivity index (χ2v) is 6.33. The highest BCUT2D eigenvalue weighted by molar-refractivity contribution is 6.41. The van der Waals surface area contributed by atoms with Gasteiger partial charge in [-0.25, -0.2) is 4.68 Å². The number of fused-ring (bicyclic) bond motifs is 1. The van der Waals surface area contributed by atoms with Gasteiger partial charge >= 0.3 is 0 Å². The molecule has 0 saturated carbocycles. The van der Waals surface area contributed by atoms with Crippen LogP contribution in [-0.4, -0.2) is 46.9 Å². The first-order valence-electron chi connectivity index (χ1n) is 7.49. The van der Waals surface area contributed by atoms with Gasteiger partial charge < -0.3 is 14.4 Å². The van der Waals surface area contributed by atoms with Gasteiger partial charge in [-0.15, -0.1) is 0 Å². The van der Waals surface area contributed by atoms with Crippen LogP contribution < -0.4 is 15.0 Å². The zero-order valence-corrected chi connectivity index (χ0v) is 14.8. The van der Waals surface area contributed by atoms with Crippen LogP contribution in [0.3, 0.4) is 0 Å². The molecule has 0 spiro atoms. The van der Waals surface area contributed by atoms with Crippen LogP contribution in [0.25, 0.3) is 0 Å². The highest BCUT2D eigenvalue weighted by Gasteiger charge is 2.24. The lowest BCUT2D eigenvalue weighted by Crippen LogP contribution is -2.43. The third kappa shape index (κ3) is 3.88. The maximum absolute atomic E-state index is 12.3. The lowest BCUT2D eigenvalue weighted by Gasteiger charge is -2.29. The zero-order valence-electron chi connectivity index (χ0n) is 13.3. The molecular weight excluding hydrogens is 369 g/mol. The van der Waals surface area contributed by atoms with E-state index in [1.54, 1.807) is 7.05 Å². The van der Waals surface area contributed by atoms with Crippen molar-refractivity contribution >= 4 is 29.1 Å². The molecule has 0 saturated heterocycles. The van der Waals surface area contributed by atoms with Gasteiger partial charge in [-0.05, 0) is 12.1 Å². The van der Waals surface area contributed by atoms with Crippen molar-refractivity contribution in [3.05, 3.63) is 50.9 Å². The summed E-state index contributed by atoms with van der Waals surface area (Å²) in [5.41, 5.74) is -0.609. The van der Waals surface area contributed by atoms with Crippen LogP contribution in [-0.2, 0) is 11.3 Å². The zero-order chi connectivity index (χ0) is 18.0. The van der Waals surface area contributed by atoms with Crippen molar-refractivity contribution in [1.82, 2.24) is 14.7 Å². The molecule has 0 fully saturated rings. The highest BCUT2D eigenvalue weighted by atomic mass is 35.5. The molecule has 2 aromatic rings. The molecule has 0 radical (unpaired) electrons. The topological polar surface area (TPSA) is 73.7 Å². The Morgan fingerprint density at radius 2 is 2.08 bits per heavy atom. The molecule has 1 aliphatic rings. The second kappa shape index (κ2) is 7.33. The maximum Gasteiger partial charge on any atom is 0.287 e. The molecule has 3 rings (SSSR count). The van der Waals surface area contributed by atoms with E-state index in [1.165, 1.54) is 11.1 Å². The minimum atomic E-state index is -0.609. The first kappa shape index (κ1) is 17.6. The van der Waals surface area contributed by atoms with E-state index in [0.717, 1.165) is 4.68 Å². The number of para-hydroxylation sites is 2. The Morgan fingerprint density at radius 3 is 2.84 bits per heavy atom. The maximum atomic E-state index is 12.3. The number of rotatable bonds is 4. The van der Waals surface area contributed by atoms with E-state index in [4.69, 9.17) is 32.7 Å². The van der Waals surface area contributed by atoms with E-state index in [-0.39, 0.29) is 28.6 Å². The van der Waals surface area contributed by atoms with Gasteiger partial charge in [0, 0.05) is 7.05 Å². The summed E-state index contributed by atoms with van der Waals surface area (Å²) in [5, 5.41) is 3.71. The molecule has 1 aromatic carbocycles. The third-order valence-corrected chi connectivity index (χ3v) is 4.45. The molecule has 0 unspecified atom stereocenters. The highest BCUT2D eigenvalue weighted by Crippen LogP contribution is 2.30. The van der Waals surface area contributed by atoms with E-state index >= 15 is 0 Å². The molecule has 0 N–H and O–H groups in total. The molecular formula is C16H15Cl2N3O4. The van der Waals surface area contributed by atoms with Crippen molar-refractivity contribution in [1.29, 1.82) is 0 Å². The fraction of sp³-hybridized carbons (Fsp3) is 0.312. The second-order valence-electron chi connectivity index (χ2n) is 5.54. The molecule has 9 heteroatoms. The summed E-state index contributed by atoms with van der Waals surface area (Å²) < 4.78 is 12.4. The number of aromatic nitrogens is 2. The van der Waals surface area contributed by atoms with Gasteiger partial charge in [0.1, 0.15) is 18.2 Å². The predicted molar refractivity (Wildman–Crippen MR) is 92.5 cm³/mol. The van der Waals surface area contributed by atoms with Gasteiger partial charge in [0.05, 0.1) is 17.8 Å². The first-order chi connectivity index (χ1) is 12.0. The van der Waals surface area contributed by atoms with Crippen LogP contribution >= 0.6 is 23.2 Å². The first-order valence-corrected chi connectivity index (χ1v) is 8.25. The number of nitrogens with zero attached hydrogens (tertiary/aromatic N) is 3. The van der Waals surface area contributed by atoms with E-state index in [9.17, 15) is 9.59 Å². The number of halogens is 2. The SMILES string of the molecule is CN(C[C@@H]1COc2ccccc2O1)C(=O)Cn1ncc(Cl)c(Cl)c1=O. The Labute approximate surface area is 153 Å². The summed E-state index contributed by atoms with van der Waals surface area (Å²) in [4.78, 5) is 25.7. The van der Waals surface area contributed by atoms with E-state index in [2.05, 4.69) is 5.10 Å². The molecule has 0 aliphatic carbocycles. The summed E-state index contributed by atoms with van der Waals surface area (Å²) in [6.07, 6.45) is 0.926. The summed E-state index contributed by atoms with van der Waals surface area (Å²) in [7, 11) is 1.62. The summed E-state index contributed by atoms with van der Waals surface area (Å²) in [6, 6.07) is 7.34. The van der Waals surface area contributed by atoms with E-state index in [1.807, 2.05) is 24.3 Å². The fourth-order valence-electron chi connectivity index (χ4n) is 2.37. The molecule has 1 amide bonds. The van der Waals surface area contributed by atoms with E-state index < -0.39 is 5.56 Å². The summed E-state index contributed by atoms with van der Waals surface area (Å²) in [6.45, 7) is 0.402. The average molecular weight is 384 g/mol. The average Bonchev–Trinajstić information content (AvgIpc) is 2.62. The molecule has 1 aliphatic heterocycles. The van der Waals surface area contributed by atoms with Crippen LogP contribution in [0.4, 0.5) is 0 Å². The number of hydrogen-bond acceptors (Lipinski definition) is 5. The van der Waals surface area contributed by atoms with Crippen LogP contribution in [0, 0.1) is 0 Å². The summed E-state index contributed by atoms with van der Waals surface area (Å²) >= 11 is 11.5. The van der Waals surface area contributed by atoms with Crippen molar-refractivity contribution in [3.63, 3.8) is 0 Å². The van der Waals surface area contributed by atoms with Gasteiger partial charge in [-0.1, -0.05) is 35.3 Å². The molecule has 0 bridgehead atoms. The molecule has 1 aromatic heterocycles. The minimum Gasteiger partial charge on any atom is -0.486 e. The normalized spacial score (nSPS) is 15.7. The number of carbonyl (C=O) groups is 1. The number of benzene rings is 1. The van der Waals surface area contributed by atoms with Crippen molar-refractivity contribution in [2.45, 2.75) is 12.6 Å². The van der Waals surface area contributed by atoms with Crippen molar-refractivity contribution in [2.75, 3.05) is 20.2 Å². The number of ether oxygens (including phenoxy) is 2. The molecule has 1 atom stereocenters. The van der Waals surface area contributed by atoms with Crippen LogP contribution in [0.2, 0.25) is 10.0 Å². The molecule has 7 nitrogen and oxygen atoms in total. The number of hydrogen-bond donors (Lipinski definition) is 0. The number of carbonyl (C=O) groups excluding carboxylic acids is 1. The minimum absolute atomic E-state index is 0.0511. The van der Waals surface area contributed by atoms with E-state index in [0.29, 0.717) is 24.7 Å². The van der Waals surface area contributed by atoms with Crippen molar-refractivity contribution in [3.8, 4) is 11.5 Å². The van der Waals surface area contributed by atoms with Gasteiger partial charge in [0.2, 0.25) is 5.91 Å². The Morgan fingerprint density at radius 1 is 1.36 bits per heavy atom. The van der Waals surface area contributed by atoms with Gasteiger partial charge in [-0.3, -0.25) is 9.59 Å². The lowest BCUT2D eigenvalue weighted by atomic mass is 10.2. The molecule has 25 heavy (non-hydrogen) atoms. The predicted octanol–water partition coefficient (Wildman–Crippen LogP) is 1.85. The number of likely N-dealkylation sites (N-methyl/N-ethyl adjacent to an activating group) is 1. The fourth-order valence-corrected chi connectivity index (χ4v) is 2.64. The number of amides is 1. The van der Waals surface area contributed by atoms with Gasteiger partial charge in [0.25, 0.3) is 5.56 Å². The van der Waals surface area contributed by atoms with Gasteiger partial charge in [0.15, 0.2) is 17.6 Å². The molecule has 132 valence electrons. The van der Waals surface area contributed by atoms with Crippen molar-refractivity contribution < 1.29 is 14.3 Å². The standard InChI is InChI=1S/C16H15Cl2N3O4/c1-20(7-10-9-24-12-4-2-3-5-13(12)25-10)14(22)8-21-16(23)15(18)11(17)6-19-21/h2-6,10H,7-9H2,1H3/t10-/m1/s1. The quantitative estimate of drug-likeness (QED) is 0.805. The Bertz CT molecular complexity index is 856. The van der Waals surface area contributed by atoms with Crippen molar-refractivity contribution in [2.24, 2.45) is 0 Å². The van der Waals surface area contributed by atoms with Gasteiger partial charge in [-0.2, -0.15) is 5.10 Å².